The van der Waals surface area contributed by atoms with E-state index in [4.69, 9.17) is 9.84 Å². The van der Waals surface area contributed by atoms with E-state index in [-0.39, 0.29) is 31.0 Å². The molecule has 7 heteroatoms. The van der Waals surface area contributed by atoms with Crippen molar-refractivity contribution in [3.8, 4) is 0 Å². The molecule has 6 nitrogen and oxygen atoms in total. The highest BCUT2D eigenvalue weighted by atomic mass is 32.1. The normalized spacial score (nSPS) is 23.8. The minimum absolute atomic E-state index is 0.00512. The third-order valence-corrected chi connectivity index (χ3v) is 8.02. The van der Waals surface area contributed by atoms with Crippen molar-refractivity contribution < 1.29 is 30.0 Å². The van der Waals surface area contributed by atoms with Gasteiger partial charge in [-0.1, -0.05) is 37.5 Å². The van der Waals surface area contributed by atoms with Crippen molar-refractivity contribution in [1.29, 1.82) is 0 Å². The fourth-order valence-corrected chi connectivity index (χ4v) is 6.05. The molecule has 1 aromatic heterocycles. The molecule has 1 aliphatic carbocycles. The minimum Gasteiger partial charge on any atom is -0.466 e. The monoisotopic (exact) mass is 478 g/mol. The molecule has 1 heterocycles. The Balaban J connectivity index is 1.38. The first-order valence-electron chi connectivity index (χ1n) is 12.3. The summed E-state index contributed by atoms with van der Waals surface area (Å²) in [5, 5.41) is 41.6. The second-order valence-electron chi connectivity index (χ2n) is 9.23. The van der Waals surface area contributed by atoms with Crippen LogP contribution in [0.1, 0.15) is 75.2 Å². The second-order valence-corrected chi connectivity index (χ2v) is 10.3. The van der Waals surface area contributed by atoms with Crippen LogP contribution in [0.5, 0.6) is 0 Å². The summed E-state index contributed by atoms with van der Waals surface area (Å²) in [6.07, 6.45) is 5.47. The predicted molar refractivity (Wildman–Crippen MR) is 130 cm³/mol. The Morgan fingerprint density at radius 3 is 2.52 bits per heavy atom. The molecule has 3 rings (SSSR count). The lowest BCUT2D eigenvalue weighted by molar-refractivity contribution is -0.144. The van der Waals surface area contributed by atoms with Gasteiger partial charge in [-0.2, -0.15) is 0 Å². The van der Waals surface area contributed by atoms with E-state index in [9.17, 15) is 20.1 Å². The first-order chi connectivity index (χ1) is 16.0. The van der Waals surface area contributed by atoms with E-state index in [1.165, 1.54) is 4.70 Å². The highest BCUT2D eigenvalue weighted by molar-refractivity contribution is 7.19. The van der Waals surface area contributed by atoms with Crippen LogP contribution in [0.4, 0.5) is 0 Å². The average molecular weight is 479 g/mol. The van der Waals surface area contributed by atoms with Gasteiger partial charge in [-0.15, -0.1) is 11.3 Å². The maximum absolute atomic E-state index is 11.6. The number of ether oxygens (including phenoxy) is 1. The van der Waals surface area contributed by atoms with Gasteiger partial charge < -0.3 is 25.2 Å². The number of benzene rings is 1. The third kappa shape index (κ3) is 7.76. The zero-order chi connectivity index (χ0) is 23.6. The summed E-state index contributed by atoms with van der Waals surface area (Å²) in [6.45, 7) is 0.302. The van der Waals surface area contributed by atoms with Gasteiger partial charge in [0, 0.05) is 29.0 Å². The number of hydrogen-bond donors (Lipinski definition) is 4. The summed E-state index contributed by atoms with van der Waals surface area (Å²) in [6, 6.07) is 10.2. The number of aliphatic hydroxyl groups excluding tert-OH is 4. The van der Waals surface area contributed by atoms with Gasteiger partial charge in [-0.25, -0.2) is 0 Å². The molecule has 0 saturated heterocycles. The summed E-state index contributed by atoms with van der Waals surface area (Å²) in [4.78, 5) is 12.5. The van der Waals surface area contributed by atoms with Crippen LogP contribution in [-0.2, 0) is 9.53 Å². The van der Waals surface area contributed by atoms with Gasteiger partial charge >= 0.3 is 5.97 Å². The maximum Gasteiger partial charge on any atom is 0.305 e. The highest BCUT2D eigenvalue weighted by Crippen LogP contribution is 2.41. The van der Waals surface area contributed by atoms with Gasteiger partial charge in [0.15, 0.2) is 0 Å². The van der Waals surface area contributed by atoms with E-state index in [1.54, 1.807) is 11.3 Å². The van der Waals surface area contributed by atoms with Crippen LogP contribution in [0.2, 0.25) is 0 Å². The fraction of sp³-hybridized carbons (Fsp3) is 0.654. The van der Waals surface area contributed by atoms with Crippen LogP contribution >= 0.6 is 11.3 Å². The number of carbonyl (C=O) groups excluding carboxylic acids is 1. The molecule has 4 N–H and O–H groups in total. The molecular formula is C26H38O6S. The SMILES string of the molecule is O=C(CCCCCC[C@@H]1[C@@H](CC[C@@H](O)c2cc3ccccc3s2)[C@H](O)C[C@H]1O)OCCCO. The summed E-state index contributed by atoms with van der Waals surface area (Å²) in [5.74, 6) is -0.154. The number of hydrogen-bond acceptors (Lipinski definition) is 7. The fourth-order valence-electron chi connectivity index (χ4n) is 4.97. The van der Waals surface area contributed by atoms with Crippen molar-refractivity contribution in [3.63, 3.8) is 0 Å². The van der Waals surface area contributed by atoms with Gasteiger partial charge in [0.2, 0.25) is 0 Å². The Morgan fingerprint density at radius 2 is 1.76 bits per heavy atom. The zero-order valence-corrected chi connectivity index (χ0v) is 20.1. The number of aliphatic hydroxyl groups is 4. The number of thiophene rings is 1. The highest BCUT2D eigenvalue weighted by Gasteiger charge is 2.40. The topological polar surface area (TPSA) is 107 Å². The number of unbranched alkanes of at least 4 members (excludes halogenated alkanes) is 3. The lowest BCUT2D eigenvalue weighted by Gasteiger charge is -2.24. The Hall–Kier alpha value is -1.51. The number of rotatable bonds is 14. The van der Waals surface area contributed by atoms with Gasteiger partial charge in [0.05, 0.1) is 24.9 Å². The lowest BCUT2D eigenvalue weighted by Crippen LogP contribution is -2.23. The van der Waals surface area contributed by atoms with E-state index in [0.29, 0.717) is 32.1 Å². The Morgan fingerprint density at radius 1 is 1.03 bits per heavy atom. The Kier molecular flexibility index (Phi) is 10.6. The Bertz CT molecular complexity index is 819. The van der Waals surface area contributed by atoms with E-state index in [0.717, 1.165) is 42.4 Å². The standard InChI is InChI=1S/C26H38O6S/c27-14-7-15-32-26(31)11-4-2-1-3-9-19-20(23(30)17-22(19)29)12-13-21(28)25-16-18-8-5-6-10-24(18)33-25/h5-6,8,10,16,19-23,27-30H,1-4,7,9,11-15,17H2/t19-,20-,21-,22-,23-/m1/s1. The lowest BCUT2D eigenvalue weighted by atomic mass is 9.84. The molecule has 0 radical (unpaired) electrons. The van der Waals surface area contributed by atoms with E-state index in [1.807, 2.05) is 18.2 Å². The van der Waals surface area contributed by atoms with Crippen LogP contribution in [0.3, 0.4) is 0 Å². The smallest absolute Gasteiger partial charge is 0.305 e. The third-order valence-electron chi connectivity index (χ3n) is 6.80. The van der Waals surface area contributed by atoms with Gasteiger partial charge in [0.25, 0.3) is 0 Å². The first kappa shape index (κ1) is 26.1. The molecule has 1 fully saturated rings. The van der Waals surface area contributed by atoms with Crippen molar-refractivity contribution in [2.75, 3.05) is 13.2 Å². The molecule has 0 unspecified atom stereocenters. The summed E-state index contributed by atoms with van der Waals surface area (Å²) < 4.78 is 6.19. The zero-order valence-electron chi connectivity index (χ0n) is 19.3. The van der Waals surface area contributed by atoms with Crippen LogP contribution in [0.25, 0.3) is 10.1 Å². The molecule has 184 valence electrons. The van der Waals surface area contributed by atoms with Crippen LogP contribution in [0, 0.1) is 11.8 Å². The minimum atomic E-state index is -0.551. The molecule has 1 saturated carbocycles. The van der Waals surface area contributed by atoms with Crippen LogP contribution in [-0.4, -0.2) is 51.8 Å². The molecule has 1 aliphatic rings. The summed E-state index contributed by atoms with van der Waals surface area (Å²) in [7, 11) is 0. The van der Waals surface area contributed by atoms with Crippen LogP contribution in [0.15, 0.2) is 30.3 Å². The number of carbonyl (C=O) groups is 1. The Labute approximate surface area is 200 Å². The predicted octanol–water partition coefficient (Wildman–Crippen LogP) is 4.34. The number of esters is 1. The molecular weight excluding hydrogens is 440 g/mol. The van der Waals surface area contributed by atoms with Gasteiger partial charge in [0.1, 0.15) is 0 Å². The van der Waals surface area contributed by atoms with Crippen molar-refractivity contribution in [3.05, 3.63) is 35.2 Å². The first-order valence-corrected chi connectivity index (χ1v) is 13.1. The summed E-state index contributed by atoms with van der Waals surface area (Å²) >= 11 is 1.61. The molecule has 0 aliphatic heterocycles. The van der Waals surface area contributed by atoms with Crippen molar-refractivity contribution in [1.82, 2.24) is 0 Å². The van der Waals surface area contributed by atoms with Crippen molar-refractivity contribution in [2.45, 2.75) is 82.5 Å². The molecule has 0 bridgehead atoms. The maximum atomic E-state index is 11.6. The summed E-state index contributed by atoms with van der Waals surface area (Å²) in [5.41, 5.74) is 0. The van der Waals surface area contributed by atoms with Gasteiger partial charge in [-0.3, -0.25) is 4.79 Å². The molecule has 1 aromatic carbocycles. The average Bonchev–Trinajstić information content (AvgIpc) is 3.35. The van der Waals surface area contributed by atoms with E-state index < -0.39 is 18.3 Å². The van der Waals surface area contributed by atoms with Crippen molar-refractivity contribution >= 4 is 27.4 Å². The molecule has 0 spiro atoms. The van der Waals surface area contributed by atoms with Crippen LogP contribution < -0.4 is 0 Å². The molecule has 0 amide bonds. The molecule has 2 aromatic rings. The largest absolute Gasteiger partial charge is 0.466 e. The molecule has 5 atom stereocenters. The second kappa shape index (κ2) is 13.4. The number of fused-ring (bicyclic) bond motifs is 1. The van der Waals surface area contributed by atoms with E-state index >= 15 is 0 Å². The quantitative estimate of drug-likeness (QED) is 0.238. The molecule has 33 heavy (non-hydrogen) atoms. The van der Waals surface area contributed by atoms with Gasteiger partial charge in [-0.05, 0) is 61.5 Å². The van der Waals surface area contributed by atoms with E-state index in [2.05, 4.69) is 12.1 Å². The van der Waals surface area contributed by atoms with Crippen molar-refractivity contribution in [2.24, 2.45) is 11.8 Å².